The van der Waals surface area contributed by atoms with E-state index >= 15 is 0 Å². The zero-order chi connectivity index (χ0) is 17.4. The van der Waals surface area contributed by atoms with Crippen LogP contribution in [0.15, 0.2) is 22.7 Å². The van der Waals surface area contributed by atoms with Crippen molar-refractivity contribution in [3.63, 3.8) is 0 Å². The third kappa shape index (κ3) is 2.97. The SMILES string of the molecule is C[C@@H]1CCCC[C@H]1N1C(=O)C(=O)N(Cc2ccc(Br)cc2F)C1=O. The maximum Gasteiger partial charge on any atom is 0.334 e. The molecule has 1 aromatic rings. The third-order valence-corrected chi connectivity index (χ3v) is 5.32. The highest BCUT2D eigenvalue weighted by molar-refractivity contribution is 9.10. The van der Waals surface area contributed by atoms with Gasteiger partial charge in [-0.2, -0.15) is 0 Å². The summed E-state index contributed by atoms with van der Waals surface area (Å²) in [5, 5.41) is 0. The van der Waals surface area contributed by atoms with Gasteiger partial charge < -0.3 is 0 Å². The van der Waals surface area contributed by atoms with Crippen LogP contribution < -0.4 is 0 Å². The van der Waals surface area contributed by atoms with Gasteiger partial charge in [-0.3, -0.25) is 19.4 Å². The molecule has 2 aliphatic rings. The lowest BCUT2D eigenvalue weighted by Crippen LogP contribution is -2.46. The molecule has 4 amide bonds. The molecule has 0 unspecified atom stereocenters. The van der Waals surface area contributed by atoms with E-state index in [-0.39, 0.29) is 24.1 Å². The van der Waals surface area contributed by atoms with Crippen LogP contribution in [0.25, 0.3) is 0 Å². The Balaban J connectivity index is 1.83. The molecule has 0 aromatic heterocycles. The molecule has 2 atom stereocenters. The van der Waals surface area contributed by atoms with Gasteiger partial charge in [-0.1, -0.05) is 41.8 Å². The van der Waals surface area contributed by atoms with Crippen LogP contribution in [0, 0.1) is 11.7 Å². The van der Waals surface area contributed by atoms with Gasteiger partial charge in [-0.25, -0.2) is 9.18 Å². The molecule has 1 aliphatic heterocycles. The number of amides is 4. The second-order valence-corrected chi connectivity index (χ2v) is 7.33. The first-order valence-electron chi connectivity index (χ1n) is 8.03. The summed E-state index contributed by atoms with van der Waals surface area (Å²) < 4.78 is 14.6. The molecular weight excluding hydrogens is 379 g/mol. The number of urea groups is 1. The van der Waals surface area contributed by atoms with Gasteiger partial charge in [0, 0.05) is 16.1 Å². The number of imide groups is 2. The van der Waals surface area contributed by atoms with Crippen molar-refractivity contribution in [1.82, 2.24) is 9.80 Å². The molecule has 3 rings (SSSR count). The van der Waals surface area contributed by atoms with Gasteiger partial charge in [0.15, 0.2) is 0 Å². The maximum absolute atomic E-state index is 14.0. The van der Waals surface area contributed by atoms with E-state index in [0.717, 1.165) is 29.1 Å². The summed E-state index contributed by atoms with van der Waals surface area (Å²) in [7, 11) is 0. The van der Waals surface area contributed by atoms with Crippen molar-refractivity contribution < 1.29 is 18.8 Å². The minimum atomic E-state index is -0.875. The lowest BCUT2D eigenvalue weighted by Gasteiger charge is -2.34. The normalized spacial score (nSPS) is 24.9. The van der Waals surface area contributed by atoms with Crippen molar-refractivity contribution in [2.75, 3.05) is 0 Å². The molecule has 128 valence electrons. The van der Waals surface area contributed by atoms with Gasteiger partial charge in [0.25, 0.3) is 0 Å². The number of carbonyl (C=O) groups is 3. The Kier molecular flexibility index (Phi) is 4.71. The Morgan fingerprint density at radius 1 is 1.17 bits per heavy atom. The van der Waals surface area contributed by atoms with E-state index in [1.54, 1.807) is 6.07 Å². The van der Waals surface area contributed by atoms with Crippen LogP contribution in [0.3, 0.4) is 0 Å². The molecule has 0 bridgehead atoms. The molecule has 2 fully saturated rings. The molecule has 1 heterocycles. The van der Waals surface area contributed by atoms with E-state index in [9.17, 15) is 18.8 Å². The third-order valence-electron chi connectivity index (χ3n) is 4.83. The molecular formula is C17H18BrFN2O3. The highest BCUT2D eigenvalue weighted by Gasteiger charge is 2.49. The van der Waals surface area contributed by atoms with Gasteiger partial charge >= 0.3 is 17.8 Å². The highest BCUT2D eigenvalue weighted by Crippen LogP contribution is 2.31. The standard InChI is InChI=1S/C17H18BrFN2O3/c1-10-4-2-3-5-14(10)21-16(23)15(22)20(17(21)24)9-11-6-7-12(18)8-13(11)19/h6-8,10,14H,2-5,9H2,1H3/t10-,14-/m1/s1. The summed E-state index contributed by atoms with van der Waals surface area (Å²) in [6, 6.07) is 3.51. The van der Waals surface area contributed by atoms with Gasteiger partial charge in [0.05, 0.1) is 6.54 Å². The molecule has 1 aliphatic carbocycles. The lowest BCUT2D eigenvalue weighted by atomic mass is 9.85. The molecule has 0 N–H and O–H groups in total. The molecule has 1 aromatic carbocycles. The predicted octanol–water partition coefficient (Wildman–Crippen LogP) is 3.46. The van der Waals surface area contributed by atoms with Crippen molar-refractivity contribution in [2.45, 2.75) is 45.2 Å². The van der Waals surface area contributed by atoms with Crippen molar-refractivity contribution in [2.24, 2.45) is 5.92 Å². The van der Waals surface area contributed by atoms with E-state index in [4.69, 9.17) is 0 Å². The van der Waals surface area contributed by atoms with E-state index in [2.05, 4.69) is 15.9 Å². The molecule has 5 nitrogen and oxygen atoms in total. The summed E-state index contributed by atoms with van der Waals surface area (Å²) in [6.45, 7) is 1.76. The Bertz CT molecular complexity index is 709. The number of rotatable bonds is 3. The van der Waals surface area contributed by atoms with Crippen LogP contribution in [-0.4, -0.2) is 33.7 Å². The topological polar surface area (TPSA) is 57.7 Å². The minimum absolute atomic E-state index is 0.170. The summed E-state index contributed by atoms with van der Waals surface area (Å²) in [4.78, 5) is 39.1. The number of benzene rings is 1. The minimum Gasteiger partial charge on any atom is -0.263 e. The average Bonchev–Trinajstić information content (AvgIpc) is 2.74. The average molecular weight is 397 g/mol. The molecule has 24 heavy (non-hydrogen) atoms. The molecule has 1 saturated carbocycles. The van der Waals surface area contributed by atoms with Crippen molar-refractivity contribution in [3.8, 4) is 0 Å². The summed E-state index contributed by atoms with van der Waals surface area (Å²) >= 11 is 3.16. The zero-order valence-electron chi connectivity index (χ0n) is 13.3. The van der Waals surface area contributed by atoms with Gasteiger partial charge in [0.1, 0.15) is 5.82 Å². The van der Waals surface area contributed by atoms with Gasteiger partial charge in [0.2, 0.25) is 0 Å². The Morgan fingerprint density at radius 3 is 2.54 bits per heavy atom. The fourth-order valence-corrected chi connectivity index (χ4v) is 3.79. The number of carbonyl (C=O) groups excluding carboxylic acids is 3. The Labute approximate surface area is 147 Å². The van der Waals surface area contributed by atoms with Crippen LogP contribution in [-0.2, 0) is 16.1 Å². The monoisotopic (exact) mass is 396 g/mol. The summed E-state index contributed by atoms with van der Waals surface area (Å²) in [5.74, 6) is -2.03. The zero-order valence-corrected chi connectivity index (χ0v) is 14.9. The number of halogens is 2. The van der Waals surface area contributed by atoms with Crippen molar-refractivity contribution >= 4 is 33.8 Å². The maximum atomic E-state index is 14.0. The van der Waals surface area contributed by atoms with Gasteiger partial charge in [-0.15, -0.1) is 0 Å². The molecule has 7 heteroatoms. The number of hydrogen-bond acceptors (Lipinski definition) is 3. The van der Waals surface area contributed by atoms with Crippen LogP contribution in [0.4, 0.5) is 9.18 Å². The molecule has 0 radical (unpaired) electrons. The largest absolute Gasteiger partial charge is 0.334 e. The quantitative estimate of drug-likeness (QED) is 0.580. The van der Waals surface area contributed by atoms with Crippen LogP contribution >= 0.6 is 15.9 Å². The number of hydrogen-bond donors (Lipinski definition) is 0. The fraction of sp³-hybridized carbons (Fsp3) is 0.471. The fourth-order valence-electron chi connectivity index (χ4n) is 3.45. The highest BCUT2D eigenvalue weighted by atomic mass is 79.9. The predicted molar refractivity (Wildman–Crippen MR) is 88.3 cm³/mol. The molecule has 1 saturated heterocycles. The van der Waals surface area contributed by atoms with E-state index in [1.165, 1.54) is 12.1 Å². The molecule has 0 spiro atoms. The van der Waals surface area contributed by atoms with Crippen molar-refractivity contribution in [3.05, 3.63) is 34.1 Å². The lowest BCUT2D eigenvalue weighted by molar-refractivity contribution is -0.144. The first-order chi connectivity index (χ1) is 11.4. The Hall–Kier alpha value is -1.76. The second-order valence-electron chi connectivity index (χ2n) is 6.41. The smallest absolute Gasteiger partial charge is 0.263 e. The summed E-state index contributed by atoms with van der Waals surface area (Å²) in [6.07, 6.45) is 3.64. The van der Waals surface area contributed by atoms with Gasteiger partial charge in [-0.05, 0) is 30.9 Å². The van der Waals surface area contributed by atoms with E-state index in [1.807, 2.05) is 6.92 Å². The van der Waals surface area contributed by atoms with E-state index < -0.39 is 23.7 Å². The van der Waals surface area contributed by atoms with Crippen molar-refractivity contribution in [1.29, 1.82) is 0 Å². The first-order valence-corrected chi connectivity index (χ1v) is 8.82. The van der Waals surface area contributed by atoms with Crippen LogP contribution in [0.2, 0.25) is 0 Å². The van der Waals surface area contributed by atoms with E-state index in [0.29, 0.717) is 10.9 Å². The second kappa shape index (κ2) is 6.63. The van der Waals surface area contributed by atoms with Crippen LogP contribution in [0.1, 0.15) is 38.2 Å². The first kappa shape index (κ1) is 17.1. The number of nitrogens with zero attached hydrogens (tertiary/aromatic N) is 2. The van der Waals surface area contributed by atoms with Crippen LogP contribution in [0.5, 0.6) is 0 Å². The Morgan fingerprint density at radius 2 is 1.88 bits per heavy atom. The summed E-state index contributed by atoms with van der Waals surface area (Å²) in [5.41, 5.74) is 0.200.